The monoisotopic (exact) mass is 604 g/mol. The third-order valence-corrected chi connectivity index (χ3v) is 8.42. The van der Waals surface area contributed by atoms with Crippen LogP contribution in [0.15, 0.2) is 73.1 Å². The van der Waals surface area contributed by atoms with E-state index in [1.165, 1.54) is 41.3 Å². The number of carbonyl (C=O) groups excluding carboxylic acids is 1. The second-order valence-electron chi connectivity index (χ2n) is 13.3. The number of aromatic nitrogens is 4. The standard InChI is InChI=1S/C37H44N6O2/c1-37(2,3)45-36(44)38-18-6-5-9-34-39-22-33(41-34)30-17-16-28-20-27(14-15-29(28)21-30)25-10-12-26(13-11-25)32-23-40-35(42-32)31-8-7-19-43(4)24-31/h10-17,20-23,31H,5-9,18-19,24H2,1-4H3,(H,38,44)(H,39,41)(H,40,42). The molecule has 3 heterocycles. The lowest BCUT2D eigenvalue weighted by Gasteiger charge is -2.28. The van der Waals surface area contributed by atoms with Crippen LogP contribution in [0.25, 0.3) is 44.4 Å². The number of aromatic amines is 2. The summed E-state index contributed by atoms with van der Waals surface area (Å²) in [6.45, 7) is 8.41. The maximum Gasteiger partial charge on any atom is 0.407 e. The smallest absolute Gasteiger partial charge is 0.407 e. The van der Waals surface area contributed by atoms with Gasteiger partial charge in [0, 0.05) is 31.0 Å². The van der Waals surface area contributed by atoms with E-state index in [4.69, 9.17) is 9.72 Å². The van der Waals surface area contributed by atoms with E-state index in [-0.39, 0.29) is 6.09 Å². The number of imidazole rings is 2. The van der Waals surface area contributed by atoms with E-state index >= 15 is 0 Å². The fraction of sp³-hybridized carbons (Fsp3) is 0.378. The second-order valence-corrected chi connectivity index (χ2v) is 13.3. The minimum atomic E-state index is -0.482. The third kappa shape index (κ3) is 7.81. The molecule has 8 nitrogen and oxygen atoms in total. The summed E-state index contributed by atoms with van der Waals surface area (Å²) in [6.07, 6.45) is 8.54. The number of benzene rings is 3. The Morgan fingerprint density at radius 3 is 2.31 bits per heavy atom. The Morgan fingerprint density at radius 2 is 1.56 bits per heavy atom. The lowest BCUT2D eigenvalue weighted by Crippen LogP contribution is -2.33. The number of piperidine rings is 1. The van der Waals surface area contributed by atoms with Gasteiger partial charge < -0.3 is 24.9 Å². The number of aryl methyl sites for hydroxylation is 1. The average Bonchev–Trinajstić information content (AvgIpc) is 3.71. The Kier molecular flexibility index (Phi) is 9.03. The molecule has 8 heteroatoms. The number of carbonyl (C=O) groups is 1. The van der Waals surface area contributed by atoms with Gasteiger partial charge in [-0.15, -0.1) is 0 Å². The summed E-state index contributed by atoms with van der Waals surface area (Å²) >= 11 is 0. The van der Waals surface area contributed by atoms with Crippen molar-refractivity contribution in [3.63, 3.8) is 0 Å². The van der Waals surface area contributed by atoms with Crippen molar-refractivity contribution in [1.82, 2.24) is 30.2 Å². The Hall–Kier alpha value is -4.43. The summed E-state index contributed by atoms with van der Waals surface area (Å²) in [6, 6.07) is 21.9. The molecule has 1 aliphatic rings. The predicted octanol–water partition coefficient (Wildman–Crippen LogP) is 7.94. The number of likely N-dealkylation sites (tertiary alicyclic amines) is 1. The summed E-state index contributed by atoms with van der Waals surface area (Å²) < 4.78 is 5.28. The van der Waals surface area contributed by atoms with Crippen LogP contribution >= 0.6 is 0 Å². The number of rotatable bonds is 9. The first-order valence-electron chi connectivity index (χ1n) is 16.1. The molecule has 0 radical (unpaired) electrons. The molecule has 0 saturated carbocycles. The van der Waals surface area contributed by atoms with E-state index in [1.54, 1.807) is 0 Å². The zero-order valence-electron chi connectivity index (χ0n) is 26.8. The first-order chi connectivity index (χ1) is 21.7. The fourth-order valence-electron chi connectivity index (χ4n) is 6.07. The SMILES string of the molecule is CN1CCCC(c2ncc(-c3ccc(-c4ccc5cc(-c6cnc(CCCCNC(=O)OC(C)(C)C)[nH]6)ccc5c4)cc3)[nH]2)C1. The number of unbranched alkanes of at least 4 members (excludes halogenated alkanes) is 1. The van der Waals surface area contributed by atoms with Crippen LogP contribution in [-0.2, 0) is 11.2 Å². The number of nitrogens with one attached hydrogen (secondary N) is 3. The molecule has 2 aromatic heterocycles. The van der Waals surface area contributed by atoms with E-state index in [9.17, 15) is 4.79 Å². The quantitative estimate of drug-likeness (QED) is 0.148. The maximum atomic E-state index is 11.8. The van der Waals surface area contributed by atoms with Gasteiger partial charge in [-0.3, -0.25) is 0 Å². The molecule has 0 spiro atoms. The molecule has 1 atom stereocenters. The van der Waals surface area contributed by atoms with Gasteiger partial charge >= 0.3 is 6.09 Å². The van der Waals surface area contributed by atoms with Crippen molar-refractivity contribution < 1.29 is 9.53 Å². The highest BCUT2D eigenvalue weighted by Crippen LogP contribution is 2.31. The van der Waals surface area contributed by atoms with Gasteiger partial charge in [-0.05, 0) is 99.6 Å². The molecule has 1 aliphatic heterocycles. The number of ether oxygens (including phenoxy) is 1. The minimum Gasteiger partial charge on any atom is -0.444 e. The van der Waals surface area contributed by atoms with Crippen LogP contribution < -0.4 is 5.32 Å². The summed E-state index contributed by atoms with van der Waals surface area (Å²) in [5.41, 5.74) is 6.26. The molecule has 0 aliphatic carbocycles. The van der Waals surface area contributed by atoms with Crippen LogP contribution in [0.1, 0.15) is 64.0 Å². The first kappa shape index (κ1) is 30.6. The predicted molar refractivity (Wildman–Crippen MR) is 181 cm³/mol. The van der Waals surface area contributed by atoms with E-state index in [0.717, 1.165) is 60.0 Å². The number of hydrogen-bond acceptors (Lipinski definition) is 5. The van der Waals surface area contributed by atoms with Gasteiger partial charge in [-0.2, -0.15) is 0 Å². The van der Waals surface area contributed by atoms with Crippen molar-refractivity contribution in [3.05, 3.63) is 84.7 Å². The van der Waals surface area contributed by atoms with Crippen molar-refractivity contribution in [1.29, 1.82) is 0 Å². The molecular weight excluding hydrogens is 560 g/mol. The Morgan fingerprint density at radius 1 is 0.889 bits per heavy atom. The normalized spacial score (nSPS) is 15.8. The van der Waals surface area contributed by atoms with E-state index in [2.05, 4.69) is 92.9 Å². The number of likely N-dealkylation sites (N-methyl/N-ethyl adjacent to an activating group) is 1. The zero-order chi connectivity index (χ0) is 31.4. The van der Waals surface area contributed by atoms with Crippen LogP contribution in [0, 0.1) is 0 Å². The van der Waals surface area contributed by atoms with Crippen LogP contribution in [0.4, 0.5) is 4.79 Å². The number of hydrogen-bond donors (Lipinski definition) is 3. The van der Waals surface area contributed by atoms with Gasteiger partial charge in [0.2, 0.25) is 0 Å². The number of H-pyrrole nitrogens is 2. The number of nitrogens with zero attached hydrogens (tertiary/aromatic N) is 3. The van der Waals surface area contributed by atoms with Gasteiger partial charge in [-0.1, -0.05) is 48.5 Å². The Balaban J connectivity index is 1.05. The van der Waals surface area contributed by atoms with Crippen LogP contribution in [0.5, 0.6) is 0 Å². The summed E-state index contributed by atoms with van der Waals surface area (Å²) in [5, 5.41) is 5.21. The Labute approximate surface area is 265 Å². The fourth-order valence-corrected chi connectivity index (χ4v) is 6.07. The summed E-state index contributed by atoms with van der Waals surface area (Å²) in [5.74, 6) is 2.54. The molecule has 1 saturated heterocycles. The highest BCUT2D eigenvalue weighted by molar-refractivity contribution is 5.90. The highest BCUT2D eigenvalue weighted by atomic mass is 16.6. The second kappa shape index (κ2) is 13.3. The molecule has 0 bridgehead atoms. The van der Waals surface area contributed by atoms with Crippen LogP contribution in [-0.4, -0.2) is 63.2 Å². The molecule has 45 heavy (non-hydrogen) atoms. The van der Waals surface area contributed by atoms with E-state index in [0.29, 0.717) is 12.5 Å². The molecule has 1 fully saturated rings. The van der Waals surface area contributed by atoms with Crippen LogP contribution in [0.2, 0.25) is 0 Å². The van der Waals surface area contributed by atoms with E-state index in [1.807, 2.05) is 33.2 Å². The van der Waals surface area contributed by atoms with Crippen LogP contribution in [0.3, 0.4) is 0 Å². The van der Waals surface area contributed by atoms with Crippen molar-refractivity contribution in [2.75, 3.05) is 26.7 Å². The van der Waals surface area contributed by atoms with E-state index < -0.39 is 5.60 Å². The summed E-state index contributed by atoms with van der Waals surface area (Å²) in [4.78, 5) is 30.6. The number of alkyl carbamates (subject to hydrolysis) is 1. The van der Waals surface area contributed by atoms with Gasteiger partial charge in [-0.25, -0.2) is 14.8 Å². The van der Waals surface area contributed by atoms with Gasteiger partial charge in [0.15, 0.2) is 0 Å². The molecule has 3 N–H and O–H groups in total. The highest BCUT2D eigenvalue weighted by Gasteiger charge is 2.21. The van der Waals surface area contributed by atoms with Crippen molar-refractivity contribution in [3.8, 4) is 33.6 Å². The molecule has 1 amide bonds. The third-order valence-electron chi connectivity index (χ3n) is 8.42. The Bertz CT molecular complexity index is 1750. The first-order valence-corrected chi connectivity index (χ1v) is 16.1. The minimum absolute atomic E-state index is 0.370. The number of amides is 1. The van der Waals surface area contributed by atoms with Crippen molar-refractivity contribution in [2.45, 2.75) is 64.4 Å². The lowest BCUT2D eigenvalue weighted by atomic mass is 9.98. The molecule has 234 valence electrons. The largest absolute Gasteiger partial charge is 0.444 e. The van der Waals surface area contributed by atoms with Gasteiger partial charge in [0.05, 0.1) is 23.8 Å². The van der Waals surface area contributed by atoms with Gasteiger partial charge in [0.25, 0.3) is 0 Å². The lowest BCUT2D eigenvalue weighted by molar-refractivity contribution is 0.0527. The molecular formula is C37H44N6O2. The molecule has 3 aromatic carbocycles. The molecule has 5 aromatic rings. The molecule has 1 unspecified atom stereocenters. The maximum absolute atomic E-state index is 11.8. The molecule has 6 rings (SSSR count). The topological polar surface area (TPSA) is 98.9 Å². The zero-order valence-corrected chi connectivity index (χ0v) is 26.8. The average molecular weight is 605 g/mol. The van der Waals surface area contributed by atoms with Gasteiger partial charge in [0.1, 0.15) is 17.2 Å². The van der Waals surface area contributed by atoms with Crippen molar-refractivity contribution >= 4 is 16.9 Å². The van der Waals surface area contributed by atoms with Crippen molar-refractivity contribution in [2.24, 2.45) is 0 Å². The number of fused-ring (bicyclic) bond motifs is 1. The summed E-state index contributed by atoms with van der Waals surface area (Å²) in [7, 11) is 2.19.